The SMILES string of the molecule is C/C(=C/C(=N)C(F)(F)F)Nc1ccc(-c2ccc(CO)c(S(C)(=O)=O)c2)cc1-c1nc(C)oc1-c1ccc(OC(F)(F)F)cc1. The van der Waals surface area contributed by atoms with Gasteiger partial charge >= 0.3 is 12.5 Å². The zero-order valence-electron chi connectivity index (χ0n) is 23.8. The predicted molar refractivity (Wildman–Crippen MR) is 154 cm³/mol. The fraction of sp³-hybridized carbons (Fsp3) is 0.200. The largest absolute Gasteiger partial charge is 0.573 e. The summed E-state index contributed by atoms with van der Waals surface area (Å²) in [5, 5.41) is 19.8. The van der Waals surface area contributed by atoms with Gasteiger partial charge in [0.25, 0.3) is 0 Å². The lowest BCUT2D eigenvalue weighted by Gasteiger charge is -2.16. The monoisotopic (exact) mass is 653 g/mol. The van der Waals surface area contributed by atoms with Crippen molar-refractivity contribution in [3.05, 3.63) is 83.9 Å². The molecule has 0 spiro atoms. The second-order valence-corrected chi connectivity index (χ2v) is 11.8. The first kappa shape index (κ1) is 33.3. The molecule has 0 amide bonds. The third-order valence-corrected chi connectivity index (χ3v) is 7.51. The Hall–Kier alpha value is -4.63. The smallest absolute Gasteiger partial charge is 0.440 e. The van der Waals surface area contributed by atoms with Crippen LogP contribution in [0, 0.1) is 12.3 Å². The molecule has 1 aromatic heterocycles. The molecule has 0 saturated carbocycles. The highest BCUT2D eigenvalue weighted by Crippen LogP contribution is 2.40. The van der Waals surface area contributed by atoms with Crippen molar-refractivity contribution in [3.63, 3.8) is 0 Å². The lowest BCUT2D eigenvalue weighted by atomic mass is 9.97. The predicted octanol–water partition coefficient (Wildman–Crippen LogP) is 7.68. The second kappa shape index (κ2) is 12.4. The number of aryl methyl sites for hydroxylation is 1. The Bertz CT molecular complexity index is 1880. The summed E-state index contributed by atoms with van der Waals surface area (Å²) in [6, 6.07) is 13.8. The van der Waals surface area contributed by atoms with E-state index in [0.717, 1.165) is 18.4 Å². The number of hydrogen-bond donors (Lipinski definition) is 3. The first-order valence-electron chi connectivity index (χ1n) is 12.9. The number of oxazole rings is 1. The number of anilines is 1. The first-order chi connectivity index (χ1) is 20.9. The molecule has 0 fully saturated rings. The van der Waals surface area contributed by atoms with Crippen LogP contribution in [-0.4, -0.2) is 43.0 Å². The van der Waals surface area contributed by atoms with E-state index >= 15 is 0 Å². The summed E-state index contributed by atoms with van der Waals surface area (Å²) in [7, 11) is -3.74. The topological polar surface area (TPSA) is 126 Å². The number of alkyl halides is 6. The molecule has 45 heavy (non-hydrogen) atoms. The molecule has 3 N–H and O–H groups in total. The molecule has 0 radical (unpaired) electrons. The maximum Gasteiger partial charge on any atom is 0.573 e. The van der Waals surface area contributed by atoms with E-state index in [1.165, 1.54) is 44.2 Å². The summed E-state index contributed by atoms with van der Waals surface area (Å²) in [6.45, 7) is 2.31. The van der Waals surface area contributed by atoms with Gasteiger partial charge in [-0.15, -0.1) is 13.2 Å². The van der Waals surface area contributed by atoms with Crippen LogP contribution in [0.5, 0.6) is 5.75 Å². The molecule has 15 heteroatoms. The van der Waals surface area contributed by atoms with Crippen molar-refractivity contribution >= 4 is 21.2 Å². The third-order valence-electron chi connectivity index (χ3n) is 6.33. The Morgan fingerprint density at radius 1 is 1.00 bits per heavy atom. The van der Waals surface area contributed by atoms with Gasteiger partial charge in [-0.1, -0.05) is 18.2 Å². The number of aliphatic hydroxyl groups excluding tert-OH is 1. The van der Waals surface area contributed by atoms with Gasteiger partial charge in [-0.05, 0) is 72.2 Å². The second-order valence-electron chi connectivity index (χ2n) is 9.86. The molecule has 4 aromatic rings. The van der Waals surface area contributed by atoms with Crippen LogP contribution in [0.15, 0.2) is 81.7 Å². The summed E-state index contributed by atoms with van der Waals surface area (Å²) in [5.74, 6) is -0.206. The number of hydrogen-bond acceptors (Lipinski definition) is 8. The fourth-order valence-electron chi connectivity index (χ4n) is 4.40. The number of ether oxygens (including phenoxy) is 1. The molecule has 4 rings (SSSR count). The quantitative estimate of drug-likeness (QED) is 0.125. The normalized spacial score (nSPS) is 12.7. The Balaban J connectivity index is 1.89. The van der Waals surface area contributed by atoms with E-state index < -0.39 is 40.4 Å². The maximum atomic E-state index is 13.0. The van der Waals surface area contributed by atoms with Crippen molar-refractivity contribution in [1.82, 2.24) is 4.98 Å². The molecular formula is C30H25F6N3O5S. The van der Waals surface area contributed by atoms with Gasteiger partial charge in [0.1, 0.15) is 17.2 Å². The van der Waals surface area contributed by atoms with E-state index in [2.05, 4.69) is 15.0 Å². The minimum atomic E-state index is -4.91. The number of allylic oxidation sites excluding steroid dienone is 2. The molecule has 3 aromatic carbocycles. The molecule has 8 nitrogen and oxygen atoms in total. The van der Waals surface area contributed by atoms with Crippen LogP contribution < -0.4 is 10.1 Å². The number of aliphatic hydroxyl groups is 1. The molecular weight excluding hydrogens is 628 g/mol. The van der Waals surface area contributed by atoms with Crippen LogP contribution in [0.25, 0.3) is 33.7 Å². The summed E-state index contributed by atoms with van der Waals surface area (Å²) < 4.78 is 112. The summed E-state index contributed by atoms with van der Waals surface area (Å²) in [5.41, 5.74) is 0.370. The summed E-state index contributed by atoms with van der Waals surface area (Å²) in [4.78, 5) is 4.34. The van der Waals surface area contributed by atoms with Gasteiger partial charge in [0, 0.05) is 35.7 Å². The van der Waals surface area contributed by atoms with Crippen LogP contribution in [0.3, 0.4) is 0 Å². The van der Waals surface area contributed by atoms with Crippen LogP contribution in [0.2, 0.25) is 0 Å². The molecule has 0 aliphatic carbocycles. The molecule has 0 atom stereocenters. The van der Waals surface area contributed by atoms with Gasteiger partial charge in [-0.3, -0.25) is 5.41 Å². The van der Waals surface area contributed by atoms with Gasteiger partial charge in [0.05, 0.1) is 11.5 Å². The number of rotatable bonds is 9. The van der Waals surface area contributed by atoms with E-state index in [4.69, 9.17) is 9.83 Å². The van der Waals surface area contributed by atoms with Crippen molar-refractivity contribution < 1.29 is 49.0 Å². The average molecular weight is 654 g/mol. The van der Waals surface area contributed by atoms with Crippen LogP contribution >= 0.6 is 0 Å². The zero-order valence-corrected chi connectivity index (χ0v) is 24.6. The van der Waals surface area contributed by atoms with Gasteiger partial charge in [0.2, 0.25) is 0 Å². The fourth-order valence-corrected chi connectivity index (χ4v) is 5.35. The molecule has 0 unspecified atom stereocenters. The van der Waals surface area contributed by atoms with E-state index in [1.807, 2.05) is 0 Å². The highest BCUT2D eigenvalue weighted by Gasteiger charge is 2.33. The van der Waals surface area contributed by atoms with Crippen molar-refractivity contribution in [2.75, 3.05) is 11.6 Å². The summed E-state index contributed by atoms with van der Waals surface area (Å²) >= 11 is 0. The lowest BCUT2D eigenvalue weighted by molar-refractivity contribution is -0.274. The minimum absolute atomic E-state index is 0.0478. The Kier molecular flexibility index (Phi) is 9.17. The van der Waals surface area contributed by atoms with Crippen molar-refractivity contribution in [2.24, 2.45) is 0 Å². The van der Waals surface area contributed by atoms with Crippen LogP contribution in [0.4, 0.5) is 32.0 Å². The standard InChI is InChI=1S/C30H25F6N3O5S/c1-16(12-26(37)29(31,32)33)38-24-11-8-19(20-4-5-21(15-40)25(14-20)45(3,41)42)13-23(24)27-28(43-17(2)39-27)18-6-9-22(10-7-18)44-30(34,35)36/h4-14,37-38,40H,15H2,1-3H3/b16-12-,37-26?. The van der Waals surface area contributed by atoms with Gasteiger partial charge < -0.3 is 19.6 Å². The van der Waals surface area contributed by atoms with E-state index in [9.17, 15) is 39.9 Å². The molecule has 238 valence electrons. The Morgan fingerprint density at radius 3 is 2.18 bits per heavy atom. The number of halogens is 6. The van der Waals surface area contributed by atoms with Crippen molar-refractivity contribution in [1.29, 1.82) is 5.41 Å². The van der Waals surface area contributed by atoms with Crippen LogP contribution in [-0.2, 0) is 16.4 Å². The van der Waals surface area contributed by atoms with Gasteiger partial charge in [-0.2, -0.15) is 13.2 Å². The maximum absolute atomic E-state index is 13.0. The molecule has 1 heterocycles. The molecule has 0 aliphatic heterocycles. The number of nitrogens with one attached hydrogen (secondary N) is 2. The third kappa shape index (κ3) is 8.10. The Labute approximate surface area is 253 Å². The molecule has 0 aliphatic rings. The molecule has 0 bridgehead atoms. The van der Waals surface area contributed by atoms with Gasteiger partial charge in [-0.25, -0.2) is 13.4 Å². The zero-order chi connectivity index (χ0) is 33.3. The minimum Gasteiger partial charge on any atom is -0.440 e. The molecule has 0 saturated heterocycles. The van der Waals surface area contributed by atoms with Crippen molar-refractivity contribution in [3.8, 4) is 39.5 Å². The van der Waals surface area contributed by atoms with Gasteiger partial charge in [0.15, 0.2) is 21.5 Å². The number of aromatic nitrogens is 1. The van der Waals surface area contributed by atoms with Crippen molar-refractivity contribution in [2.45, 2.75) is 37.9 Å². The highest BCUT2D eigenvalue weighted by molar-refractivity contribution is 7.90. The Morgan fingerprint density at radius 2 is 1.60 bits per heavy atom. The van der Waals surface area contributed by atoms with E-state index in [-0.39, 0.29) is 44.8 Å². The van der Waals surface area contributed by atoms with E-state index in [0.29, 0.717) is 22.8 Å². The summed E-state index contributed by atoms with van der Waals surface area (Å²) in [6.07, 6.45) is -8.20. The number of sulfone groups is 1. The highest BCUT2D eigenvalue weighted by atomic mass is 32.2. The number of benzene rings is 3. The lowest BCUT2D eigenvalue weighted by Crippen LogP contribution is -2.20. The average Bonchev–Trinajstić information content (AvgIpc) is 3.32. The van der Waals surface area contributed by atoms with Crippen LogP contribution in [0.1, 0.15) is 18.4 Å². The number of nitrogens with zero attached hydrogens (tertiary/aromatic N) is 1. The van der Waals surface area contributed by atoms with E-state index in [1.54, 1.807) is 18.2 Å². The first-order valence-corrected chi connectivity index (χ1v) is 14.8.